The van der Waals surface area contributed by atoms with Gasteiger partial charge in [0, 0.05) is 43.7 Å². The summed E-state index contributed by atoms with van der Waals surface area (Å²) in [5.74, 6) is 0.521. The van der Waals surface area contributed by atoms with Crippen LogP contribution in [0.15, 0.2) is 46.7 Å². The van der Waals surface area contributed by atoms with Crippen LogP contribution in [0.4, 0.5) is 0 Å². The lowest BCUT2D eigenvalue weighted by Gasteiger charge is -2.33. The highest BCUT2D eigenvalue weighted by atomic mass is 32.1. The normalized spacial score (nSPS) is 15.3. The van der Waals surface area contributed by atoms with Crippen LogP contribution in [0, 0.1) is 0 Å². The molecule has 28 heavy (non-hydrogen) atoms. The molecule has 1 aromatic carbocycles. The Morgan fingerprint density at radius 2 is 1.93 bits per heavy atom. The van der Waals surface area contributed by atoms with Crippen LogP contribution in [0.5, 0.6) is 0 Å². The van der Waals surface area contributed by atoms with Crippen molar-refractivity contribution in [1.29, 1.82) is 0 Å². The van der Waals surface area contributed by atoms with Gasteiger partial charge in [-0.05, 0) is 11.5 Å². The van der Waals surface area contributed by atoms with Gasteiger partial charge in [0.15, 0.2) is 6.39 Å². The standard InChI is InChI=1S/C21H24N4O2S/c1-15(2)16-3-5-17(6-4-16)20-23-19(13-28-20)21(26)25-9-7-24(8-10-25)11-18-12-27-14-22-18/h3-6,12-15H,7-11H2,1-2H3. The molecular weight excluding hydrogens is 372 g/mol. The lowest BCUT2D eigenvalue weighted by molar-refractivity contribution is 0.0622. The van der Waals surface area contributed by atoms with E-state index in [2.05, 4.69) is 53.0 Å². The van der Waals surface area contributed by atoms with E-state index in [1.807, 2.05) is 10.3 Å². The summed E-state index contributed by atoms with van der Waals surface area (Å²) >= 11 is 1.52. The third-order valence-electron chi connectivity index (χ3n) is 5.08. The van der Waals surface area contributed by atoms with Crippen LogP contribution < -0.4 is 0 Å². The van der Waals surface area contributed by atoms with Crippen LogP contribution in [0.3, 0.4) is 0 Å². The second kappa shape index (κ2) is 8.24. The van der Waals surface area contributed by atoms with E-state index < -0.39 is 0 Å². The van der Waals surface area contributed by atoms with E-state index in [4.69, 9.17) is 4.42 Å². The van der Waals surface area contributed by atoms with Crippen molar-refractivity contribution in [2.75, 3.05) is 26.2 Å². The lowest BCUT2D eigenvalue weighted by atomic mass is 10.0. The molecule has 0 spiro atoms. The third-order valence-corrected chi connectivity index (χ3v) is 5.97. The zero-order chi connectivity index (χ0) is 19.5. The van der Waals surface area contributed by atoms with Crippen molar-refractivity contribution in [3.8, 4) is 10.6 Å². The van der Waals surface area contributed by atoms with E-state index in [0.717, 1.165) is 35.9 Å². The largest absolute Gasteiger partial charge is 0.451 e. The molecule has 4 rings (SSSR count). The second-order valence-corrected chi connectivity index (χ2v) is 8.22. The molecule has 0 radical (unpaired) electrons. The molecule has 146 valence electrons. The fourth-order valence-electron chi connectivity index (χ4n) is 3.33. The van der Waals surface area contributed by atoms with Crippen LogP contribution in [0.2, 0.25) is 0 Å². The van der Waals surface area contributed by atoms with Crippen molar-refractivity contribution >= 4 is 17.2 Å². The molecule has 1 aliphatic heterocycles. The van der Waals surface area contributed by atoms with E-state index in [9.17, 15) is 4.79 Å². The zero-order valence-corrected chi connectivity index (χ0v) is 17.0. The maximum atomic E-state index is 12.8. The first-order valence-corrected chi connectivity index (χ1v) is 10.4. The average Bonchev–Trinajstić information content (AvgIpc) is 3.40. The lowest BCUT2D eigenvalue weighted by Crippen LogP contribution is -2.48. The monoisotopic (exact) mass is 396 g/mol. The Bertz CT molecular complexity index is 910. The Morgan fingerprint density at radius 3 is 2.57 bits per heavy atom. The van der Waals surface area contributed by atoms with Gasteiger partial charge < -0.3 is 9.32 Å². The van der Waals surface area contributed by atoms with Crippen LogP contribution in [-0.4, -0.2) is 51.9 Å². The molecule has 0 N–H and O–H groups in total. The molecule has 1 saturated heterocycles. The topological polar surface area (TPSA) is 62.5 Å². The van der Waals surface area contributed by atoms with Gasteiger partial charge in [0.25, 0.3) is 5.91 Å². The molecular formula is C21H24N4O2S. The van der Waals surface area contributed by atoms with Gasteiger partial charge in [0.2, 0.25) is 0 Å². The predicted molar refractivity (Wildman–Crippen MR) is 109 cm³/mol. The van der Waals surface area contributed by atoms with Gasteiger partial charge in [0.05, 0.1) is 5.69 Å². The maximum Gasteiger partial charge on any atom is 0.273 e. The molecule has 2 aromatic heterocycles. The summed E-state index contributed by atoms with van der Waals surface area (Å²) in [7, 11) is 0. The minimum atomic E-state index is 0.0161. The molecule has 7 heteroatoms. The number of piperazine rings is 1. The van der Waals surface area contributed by atoms with Crippen molar-refractivity contribution in [3.05, 3.63) is 59.3 Å². The fraction of sp³-hybridized carbons (Fsp3) is 0.381. The van der Waals surface area contributed by atoms with E-state index in [0.29, 0.717) is 24.7 Å². The number of nitrogens with zero attached hydrogens (tertiary/aromatic N) is 4. The third kappa shape index (κ3) is 4.15. The number of hydrogen-bond acceptors (Lipinski definition) is 6. The first-order valence-electron chi connectivity index (χ1n) is 9.54. The number of rotatable bonds is 5. The SMILES string of the molecule is CC(C)c1ccc(-c2nc(C(=O)N3CCN(Cc4cocn4)CC3)cs2)cc1. The van der Waals surface area contributed by atoms with Crippen LogP contribution in [0.1, 0.15) is 41.5 Å². The number of thiazole rings is 1. The molecule has 1 aliphatic rings. The molecule has 0 saturated carbocycles. The first kappa shape index (κ1) is 18.8. The van der Waals surface area contributed by atoms with Crippen molar-refractivity contribution in [1.82, 2.24) is 19.8 Å². The number of aromatic nitrogens is 2. The Hall–Kier alpha value is -2.51. The first-order chi connectivity index (χ1) is 13.6. The summed E-state index contributed by atoms with van der Waals surface area (Å²) in [6.45, 7) is 8.17. The molecule has 0 bridgehead atoms. The molecule has 3 heterocycles. The number of oxazole rings is 1. The Morgan fingerprint density at radius 1 is 1.18 bits per heavy atom. The Labute approximate surface area is 168 Å². The second-order valence-electron chi connectivity index (χ2n) is 7.36. The highest BCUT2D eigenvalue weighted by molar-refractivity contribution is 7.13. The van der Waals surface area contributed by atoms with E-state index in [1.54, 1.807) is 6.26 Å². The van der Waals surface area contributed by atoms with Gasteiger partial charge in [-0.3, -0.25) is 9.69 Å². The smallest absolute Gasteiger partial charge is 0.273 e. The van der Waals surface area contributed by atoms with Crippen molar-refractivity contribution in [2.24, 2.45) is 0 Å². The summed E-state index contributed by atoms with van der Waals surface area (Å²) in [4.78, 5) is 25.8. The van der Waals surface area contributed by atoms with Crippen LogP contribution >= 0.6 is 11.3 Å². The van der Waals surface area contributed by atoms with Crippen molar-refractivity contribution in [2.45, 2.75) is 26.3 Å². The molecule has 3 aromatic rings. The van der Waals surface area contributed by atoms with Gasteiger partial charge in [0.1, 0.15) is 17.0 Å². The number of hydrogen-bond donors (Lipinski definition) is 0. The minimum absolute atomic E-state index is 0.0161. The molecule has 6 nitrogen and oxygen atoms in total. The van der Waals surface area contributed by atoms with E-state index in [1.165, 1.54) is 23.3 Å². The minimum Gasteiger partial charge on any atom is -0.451 e. The molecule has 0 aliphatic carbocycles. The summed E-state index contributed by atoms with van der Waals surface area (Å²) in [5, 5.41) is 2.76. The van der Waals surface area contributed by atoms with Crippen LogP contribution in [0.25, 0.3) is 10.6 Å². The fourth-order valence-corrected chi connectivity index (χ4v) is 4.13. The van der Waals surface area contributed by atoms with Crippen LogP contribution in [-0.2, 0) is 6.54 Å². The number of carbonyl (C=O) groups is 1. The van der Waals surface area contributed by atoms with E-state index >= 15 is 0 Å². The van der Waals surface area contributed by atoms with Gasteiger partial charge in [-0.1, -0.05) is 38.1 Å². The van der Waals surface area contributed by atoms with E-state index in [-0.39, 0.29) is 5.91 Å². The highest BCUT2D eigenvalue weighted by Gasteiger charge is 2.24. The van der Waals surface area contributed by atoms with Gasteiger partial charge in [-0.15, -0.1) is 11.3 Å². The molecule has 0 atom stereocenters. The van der Waals surface area contributed by atoms with Gasteiger partial charge in [-0.25, -0.2) is 9.97 Å². The number of carbonyl (C=O) groups excluding carboxylic acids is 1. The number of amides is 1. The van der Waals surface area contributed by atoms with Crippen molar-refractivity contribution < 1.29 is 9.21 Å². The highest BCUT2D eigenvalue weighted by Crippen LogP contribution is 2.26. The van der Waals surface area contributed by atoms with Crippen molar-refractivity contribution in [3.63, 3.8) is 0 Å². The van der Waals surface area contributed by atoms with Gasteiger partial charge in [-0.2, -0.15) is 0 Å². The number of benzene rings is 1. The maximum absolute atomic E-state index is 12.8. The Balaban J connectivity index is 1.37. The average molecular weight is 397 g/mol. The molecule has 1 amide bonds. The molecule has 1 fully saturated rings. The summed E-state index contributed by atoms with van der Waals surface area (Å²) in [5.41, 5.74) is 3.83. The molecule has 0 unspecified atom stereocenters. The quantitative estimate of drug-likeness (QED) is 0.655. The summed E-state index contributed by atoms with van der Waals surface area (Å²) in [6, 6.07) is 8.45. The zero-order valence-electron chi connectivity index (χ0n) is 16.2. The summed E-state index contributed by atoms with van der Waals surface area (Å²) in [6.07, 6.45) is 3.12. The van der Waals surface area contributed by atoms with Gasteiger partial charge >= 0.3 is 0 Å². The summed E-state index contributed by atoms with van der Waals surface area (Å²) < 4.78 is 5.02. The predicted octanol–water partition coefficient (Wildman–Crippen LogP) is 3.88. The Kier molecular flexibility index (Phi) is 5.54.